The number of ether oxygens (including phenoxy) is 1. The Hall–Kier alpha value is -0.120. The molecule has 0 aromatic heterocycles. The summed E-state index contributed by atoms with van der Waals surface area (Å²) in [5, 5.41) is 3.49. The number of rotatable bonds is 3. The molecule has 0 aromatic rings. The van der Waals surface area contributed by atoms with Gasteiger partial charge in [0.25, 0.3) is 0 Å². The first-order chi connectivity index (χ1) is 8.43. The first-order valence-electron chi connectivity index (χ1n) is 7.46. The second kappa shape index (κ2) is 5.68. The van der Waals surface area contributed by atoms with E-state index in [1.807, 2.05) is 0 Å². The summed E-state index contributed by atoms with van der Waals surface area (Å²) in [5.74, 6) is 1.78. The highest BCUT2D eigenvalue weighted by molar-refractivity contribution is 4.88. The molecule has 0 radical (unpaired) electrons. The van der Waals surface area contributed by atoms with Crippen LogP contribution in [0.5, 0.6) is 0 Å². The summed E-state index contributed by atoms with van der Waals surface area (Å²) in [6.45, 7) is 7.12. The summed E-state index contributed by atoms with van der Waals surface area (Å²) >= 11 is 0. The Morgan fingerprint density at radius 2 is 2.00 bits per heavy atom. The fourth-order valence-corrected chi connectivity index (χ4v) is 3.90. The quantitative estimate of drug-likeness (QED) is 0.806. The van der Waals surface area contributed by atoms with Crippen molar-refractivity contribution in [3.05, 3.63) is 0 Å². The molecular weight excluding hydrogens is 212 g/mol. The Morgan fingerprint density at radius 3 is 2.76 bits per heavy atom. The number of piperidine rings is 1. The zero-order valence-corrected chi connectivity index (χ0v) is 10.9. The normalized spacial score (nSPS) is 36.7. The smallest absolute Gasteiger partial charge is 0.0507 e. The molecule has 3 aliphatic rings. The number of nitrogens with zero attached hydrogens (tertiary/aromatic N) is 1. The monoisotopic (exact) mass is 238 g/mol. The first kappa shape index (κ1) is 11.9. The molecule has 3 nitrogen and oxygen atoms in total. The van der Waals surface area contributed by atoms with Crippen LogP contribution in [0.4, 0.5) is 0 Å². The largest absolute Gasteiger partial charge is 0.381 e. The highest BCUT2D eigenvalue weighted by Crippen LogP contribution is 2.30. The fraction of sp³-hybridized carbons (Fsp3) is 1.00. The third-order valence-corrected chi connectivity index (χ3v) is 4.86. The van der Waals surface area contributed by atoms with Crippen molar-refractivity contribution >= 4 is 0 Å². The molecule has 3 saturated heterocycles. The molecular formula is C14H26N2O. The van der Waals surface area contributed by atoms with Crippen molar-refractivity contribution in [3.63, 3.8) is 0 Å². The van der Waals surface area contributed by atoms with Gasteiger partial charge in [-0.15, -0.1) is 0 Å². The van der Waals surface area contributed by atoms with Crippen LogP contribution in [0, 0.1) is 11.8 Å². The van der Waals surface area contributed by atoms with E-state index in [2.05, 4.69) is 10.2 Å². The minimum Gasteiger partial charge on any atom is -0.381 e. The van der Waals surface area contributed by atoms with Gasteiger partial charge in [0.15, 0.2) is 0 Å². The maximum Gasteiger partial charge on any atom is 0.0507 e. The van der Waals surface area contributed by atoms with Gasteiger partial charge < -0.3 is 10.1 Å². The molecule has 98 valence electrons. The van der Waals surface area contributed by atoms with Crippen molar-refractivity contribution < 1.29 is 4.74 Å². The third kappa shape index (κ3) is 2.83. The van der Waals surface area contributed by atoms with Crippen LogP contribution in [0.25, 0.3) is 0 Å². The lowest BCUT2D eigenvalue weighted by Crippen LogP contribution is -2.42. The third-order valence-electron chi connectivity index (χ3n) is 4.86. The van der Waals surface area contributed by atoms with Crippen molar-refractivity contribution in [2.45, 2.75) is 38.1 Å². The van der Waals surface area contributed by atoms with E-state index in [1.165, 1.54) is 58.3 Å². The molecule has 17 heavy (non-hydrogen) atoms. The van der Waals surface area contributed by atoms with E-state index in [4.69, 9.17) is 4.74 Å². The van der Waals surface area contributed by atoms with Crippen molar-refractivity contribution in [1.29, 1.82) is 0 Å². The summed E-state index contributed by atoms with van der Waals surface area (Å²) < 4.78 is 5.51. The average Bonchev–Trinajstić information content (AvgIpc) is 3.02. The molecule has 3 aliphatic heterocycles. The molecule has 3 fully saturated rings. The first-order valence-corrected chi connectivity index (χ1v) is 7.46. The molecule has 0 spiro atoms. The van der Waals surface area contributed by atoms with Crippen LogP contribution in [0.1, 0.15) is 32.1 Å². The second-order valence-electron chi connectivity index (χ2n) is 6.02. The number of nitrogens with one attached hydrogen (secondary N) is 1. The molecule has 2 unspecified atom stereocenters. The van der Waals surface area contributed by atoms with Gasteiger partial charge in [-0.1, -0.05) is 0 Å². The lowest BCUT2D eigenvalue weighted by atomic mass is 9.88. The molecule has 0 saturated carbocycles. The minimum atomic E-state index is 0.817. The zero-order chi connectivity index (χ0) is 11.5. The summed E-state index contributed by atoms with van der Waals surface area (Å²) in [6, 6.07) is 0.887. The van der Waals surface area contributed by atoms with Gasteiger partial charge in [0.05, 0.1) is 6.61 Å². The lowest BCUT2D eigenvalue weighted by Gasteiger charge is -2.35. The Bertz CT molecular complexity index is 234. The van der Waals surface area contributed by atoms with Gasteiger partial charge >= 0.3 is 0 Å². The summed E-state index contributed by atoms with van der Waals surface area (Å²) in [5.41, 5.74) is 0. The molecule has 0 bridgehead atoms. The van der Waals surface area contributed by atoms with Crippen LogP contribution in [-0.4, -0.2) is 50.3 Å². The molecule has 2 atom stereocenters. The van der Waals surface area contributed by atoms with Crippen molar-refractivity contribution in [3.8, 4) is 0 Å². The van der Waals surface area contributed by atoms with Gasteiger partial charge in [-0.25, -0.2) is 0 Å². The predicted octanol–water partition coefficient (Wildman–Crippen LogP) is 1.49. The molecule has 3 rings (SSSR count). The average molecular weight is 238 g/mol. The molecule has 0 aromatic carbocycles. The van der Waals surface area contributed by atoms with Crippen LogP contribution < -0.4 is 5.32 Å². The van der Waals surface area contributed by atoms with Crippen LogP contribution in [0.3, 0.4) is 0 Å². The summed E-state index contributed by atoms with van der Waals surface area (Å²) in [6.07, 6.45) is 6.93. The minimum absolute atomic E-state index is 0.817. The highest BCUT2D eigenvalue weighted by atomic mass is 16.5. The van der Waals surface area contributed by atoms with Crippen molar-refractivity contribution in [2.24, 2.45) is 11.8 Å². The predicted molar refractivity (Wildman–Crippen MR) is 69.1 cm³/mol. The van der Waals surface area contributed by atoms with Gasteiger partial charge in [0.2, 0.25) is 0 Å². The van der Waals surface area contributed by atoms with Crippen molar-refractivity contribution in [2.75, 3.05) is 39.4 Å². The van der Waals surface area contributed by atoms with Gasteiger partial charge in [-0.2, -0.15) is 0 Å². The van der Waals surface area contributed by atoms with Gasteiger partial charge in [0.1, 0.15) is 0 Å². The van der Waals surface area contributed by atoms with Crippen LogP contribution >= 0.6 is 0 Å². The second-order valence-corrected chi connectivity index (χ2v) is 6.02. The molecule has 0 aliphatic carbocycles. The Labute approximate surface area is 105 Å². The van der Waals surface area contributed by atoms with E-state index in [9.17, 15) is 0 Å². The fourth-order valence-electron chi connectivity index (χ4n) is 3.90. The van der Waals surface area contributed by atoms with E-state index in [0.717, 1.165) is 31.1 Å². The molecule has 1 N–H and O–H groups in total. The number of likely N-dealkylation sites (tertiary alicyclic amines) is 1. The van der Waals surface area contributed by atoms with Crippen LogP contribution in [-0.2, 0) is 4.74 Å². The van der Waals surface area contributed by atoms with Gasteiger partial charge in [-0.3, -0.25) is 4.90 Å². The maximum absolute atomic E-state index is 5.51. The molecule has 3 heterocycles. The summed E-state index contributed by atoms with van der Waals surface area (Å²) in [7, 11) is 0. The van der Waals surface area contributed by atoms with E-state index >= 15 is 0 Å². The van der Waals surface area contributed by atoms with Gasteiger partial charge in [0, 0.05) is 19.2 Å². The van der Waals surface area contributed by atoms with E-state index in [1.54, 1.807) is 0 Å². The molecule has 3 heteroatoms. The molecule has 0 amide bonds. The Kier molecular flexibility index (Phi) is 3.99. The number of hydrogen-bond donors (Lipinski definition) is 1. The maximum atomic E-state index is 5.51. The zero-order valence-electron chi connectivity index (χ0n) is 10.9. The van der Waals surface area contributed by atoms with E-state index in [-0.39, 0.29) is 0 Å². The van der Waals surface area contributed by atoms with Crippen molar-refractivity contribution in [1.82, 2.24) is 10.2 Å². The van der Waals surface area contributed by atoms with Gasteiger partial charge in [-0.05, 0) is 63.6 Å². The summed E-state index contributed by atoms with van der Waals surface area (Å²) in [4.78, 5) is 2.79. The van der Waals surface area contributed by atoms with Crippen LogP contribution in [0.15, 0.2) is 0 Å². The highest BCUT2D eigenvalue weighted by Gasteiger charge is 2.33. The van der Waals surface area contributed by atoms with E-state index in [0.29, 0.717) is 0 Å². The van der Waals surface area contributed by atoms with E-state index < -0.39 is 0 Å². The van der Waals surface area contributed by atoms with Crippen LogP contribution in [0.2, 0.25) is 0 Å². The lowest BCUT2D eigenvalue weighted by molar-refractivity contribution is 0.129. The Morgan fingerprint density at radius 1 is 1.12 bits per heavy atom. The Balaban J connectivity index is 1.54. The SMILES string of the molecule is C1CC(C2CCNCC2)N(CC2CCOC2)C1. The number of hydrogen-bond acceptors (Lipinski definition) is 3. The topological polar surface area (TPSA) is 24.5 Å². The standard InChI is InChI=1S/C14H26N2O/c1-2-14(13-3-6-15-7-4-13)16(8-1)10-12-5-9-17-11-12/h12-15H,1-11H2.